The molecule has 1 aromatic carbocycles. The smallest absolute Gasteiger partial charge is 0.231 e. The lowest BCUT2D eigenvalue weighted by Crippen LogP contribution is -2.27. The van der Waals surface area contributed by atoms with Crippen molar-refractivity contribution in [2.45, 2.75) is 13.3 Å². The fraction of sp³-hybridized carbons (Fsp3) is 0.333. The largest absolute Gasteiger partial charge is 0.453 e. The Morgan fingerprint density at radius 3 is 2.88 bits per heavy atom. The van der Waals surface area contributed by atoms with Crippen molar-refractivity contribution in [1.82, 2.24) is 14.6 Å². The molecule has 1 aliphatic rings. The molecule has 0 spiro atoms. The summed E-state index contributed by atoms with van der Waals surface area (Å²) < 4.78 is 13.6. The SMILES string of the molecule is Cc1c(Cl)cccc1Oc1cccn2c(N3CCCOCC3)nnc12. The fourth-order valence-electron chi connectivity index (χ4n) is 2.94. The summed E-state index contributed by atoms with van der Waals surface area (Å²) in [6.45, 7) is 5.13. The Morgan fingerprint density at radius 2 is 1.96 bits per heavy atom. The van der Waals surface area contributed by atoms with Gasteiger partial charge in [-0.15, -0.1) is 10.2 Å². The number of rotatable bonds is 3. The van der Waals surface area contributed by atoms with Gasteiger partial charge in [0, 0.05) is 36.5 Å². The monoisotopic (exact) mass is 358 g/mol. The second-order valence-electron chi connectivity index (χ2n) is 5.98. The van der Waals surface area contributed by atoms with Gasteiger partial charge < -0.3 is 14.4 Å². The Kier molecular flexibility index (Phi) is 4.46. The highest BCUT2D eigenvalue weighted by atomic mass is 35.5. The maximum Gasteiger partial charge on any atom is 0.231 e. The zero-order chi connectivity index (χ0) is 17.2. The van der Waals surface area contributed by atoms with Crippen LogP contribution in [0.1, 0.15) is 12.0 Å². The summed E-state index contributed by atoms with van der Waals surface area (Å²) in [7, 11) is 0. The van der Waals surface area contributed by atoms with Crippen LogP contribution in [-0.2, 0) is 4.74 Å². The molecule has 0 amide bonds. The second kappa shape index (κ2) is 6.90. The fourth-order valence-corrected chi connectivity index (χ4v) is 3.10. The van der Waals surface area contributed by atoms with Crippen molar-refractivity contribution in [3.8, 4) is 11.5 Å². The minimum atomic E-state index is 0.651. The molecule has 3 heterocycles. The minimum absolute atomic E-state index is 0.651. The highest BCUT2D eigenvalue weighted by Crippen LogP contribution is 2.32. The van der Waals surface area contributed by atoms with Crippen molar-refractivity contribution in [2.75, 3.05) is 31.2 Å². The number of fused-ring (bicyclic) bond motifs is 1. The van der Waals surface area contributed by atoms with E-state index in [0.29, 0.717) is 28.8 Å². The molecule has 0 N–H and O–H groups in total. The van der Waals surface area contributed by atoms with E-state index in [1.165, 1.54) is 0 Å². The van der Waals surface area contributed by atoms with Gasteiger partial charge in [-0.3, -0.25) is 4.40 Å². The van der Waals surface area contributed by atoms with Crippen LogP contribution in [-0.4, -0.2) is 40.9 Å². The summed E-state index contributed by atoms with van der Waals surface area (Å²) in [5, 5.41) is 9.40. The van der Waals surface area contributed by atoms with E-state index in [9.17, 15) is 0 Å². The topological polar surface area (TPSA) is 51.9 Å². The molecule has 7 heteroatoms. The number of halogens is 1. The van der Waals surface area contributed by atoms with Crippen molar-refractivity contribution in [3.05, 3.63) is 47.1 Å². The molecule has 4 rings (SSSR count). The van der Waals surface area contributed by atoms with E-state index in [1.54, 1.807) is 0 Å². The van der Waals surface area contributed by atoms with Crippen molar-refractivity contribution in [2.24, 2.45) is 0 Å². The third-order valence-corrected chi connectivity index (χ3v) is 4.73. The minimum Gasteiger partial charge on any atom is -0.453 e. The Morgan fingerprint density at radius 1 is 1.08 bits per heavy atom. The number of aromatic nitrogens is 3. The molecule has 6 nitrogen and oxygen atoms in total. The second-order valence-corrected chi connectivity index (χ2v) is 6.39. The zero-order valence-corrected chi connectivity index (χ0v) is 14.7. The molecular formula is C18H19ClN4O2. The van der Waals surface area contributed by atoms with E-state index >= 15 is 0 Å². The summed E-state index contributed by atoms with van der Waals surface area (Å²) >= 11 is 6.19. The first-order valence-electron chi connectivity index (χ1n) is 8.33. The van der Waals surface area contributed by atoms with Crippen LogP contribution in [0.25, 0.3) is 5.65 Å². The quantitative estimate of drug-likeness (QED) is 0.714. The molecule has 0 saturated carbocycles. The van der Waals surface area contributed by atoms with Crippen LogP contribution >= 0.6 is 11.6 Å². The maximum atomic E-state index is 6.19. The van der Waals surface area contributed by atoms with E-state index in [1.807, 2.05) is 47.9 Å². The zero-order valence-electron chi connectivity index (χ0n) is 14.0. The summed E-state index contributed by atoms with van der Waals surface area (Å²) in [6, 6.07) is 9.44. The molecule has 1 fully saturated rings. The predicted molar refractivity (Wildman–Crippen MR) is 96.9 cm³/mol. The van der Waals surface area contributed by atoms with Crippen LogP contribution in [0.5, 0.6) is 11.5 Å². The van der Waals surface area contributed by atoms with Gasteiger partial charge in [-0.2, -0.15) is 0 Å². The van der Waals surface area contributed by atoms with Gasteiger partial charge >= 0.3 is 0 Å². The first kappa shape index (κ1) is 16.2. The standard InChI is InChI=1S/C18H19ClN4O2/c1-13-14(19)5-2-6-15(13)25-16-7-3-9-23-17(16)20-21-18(23)22-8-4-11-24-12-10-22/h2-3,5-7,9H,4,8,10-12H2,1H3. The number of anilines is 1. The lowest BCUT2D eigenvalue weighted by atomic mass is 10.2. The third kappa shape index (κ3) is 3.15. The number of pyridine rings is 1. The molecule has 1 saturated heterocycles. The highest BCUT2D eigenvalue weighted by Gasteiger charge is 2.18. The highest BCUT2D eigenvalue weighted by molar-refractivity contribution is 6.31. The normalized spacial score (nSPS) is 15.4. The molecule has 0 aliphatic carbocycles. The van der Waals surface area contributed by atoms with E-state index in [4.69, 9.17) is 21.1 Å². The van der Waals surface area contributed by atoms with E-state index in [-0.39, 0.29) is 0 Å². The van der Waals surface area contributed by atoms with Crippen LogP contribution in [0.15, 0.2) is 36.5 Å². The van der Waals surface area contributed by atoms with Gasteiger partial charge in [0.05, 0.1) is 6.61 Å². The average molecular weight is 359 g/mol. The molecular weight excluding hydrogens is 340 g/mol. The number of hydrogen-bond acceptors (Lipinski definition) is 5. The van der Waals surface area contributed by atoms with Gasteiger partial charge in [0.1, 0.15) is 5.75 Å². The van der Waals surface area contributed by atoms with Crippen LogP contribution in [0, 0.1) is 6.92 Å². The lowest BCUT2D eigenvalue weighted by Gasteiger charge is -2.19. The van der Waals surface area contributed by atoms with Crippen LogP contribution < -0.4 is 9.64 Å². The van der Waals surface area contributed by atoms with Crippen LogP contribution in [0.4, 0.5) is 5.95 Å². The Hall–Kier alpha value is -2.31. The molecule has 25 heavy (non-hydrogen) atoms. The molecule has 0 unspecified atom stereocenters. The molecule has 2 aromatic heterocycles. The first-order valence-corrected chi connectivity index (χ1v) is 8.71. The van der Waals surface area contributed by atoms with Gasteiger partial charge in [-0.1, -0.05) is 17.7 Å². The number of benzene rings is 1. The molecule has 130 valence electrons. The van der Waals surface area contributed by atoms with E-state index in [0.717, 1.165) is 37.6 Å². The molecule has 0 radical (unpaired) electrons. The number of ether oxygens (including phenoxy) is 2. The van der Waals surface area contributed by atoms with Gasteiger partial charge in [-0.25, -0.2) is 0 Å². The van der Waals surface area contributed by atoms with Gasteiger partial charge in [0.25, 0.3) is 0 Å². The van der Waals surface area contributed by atoms with E-state index < -0.39 is 0 Å². The number of hydrogen-bond donors (Lipinski definition) is 0. The third-order valence-electron chi connectivity index (χ3n) is 4.32. The lowest BCUT2D eigenvalue weighted by molar-refractivity contribution is 0.152. The van der Waals surface area contributed by atoms with Crippen molar-refractivity contribution in [1.29, 1.82) is 0 Å². The summed E-state index contributed by atoms with van der Waals surface area (Å²) in [6.07, 6.45) is 2.93. The summed E-state index contributed by atoms with van der Waals surface area (Å²) in [4.78, 5) is 2.20. The molecule has 3 aromatic rings. The summed E-state index contributed by atoms with van der Waals surface area (Å²) in [5.41, 5.74) is 1.58. The van der Waals surface area contributed by atoms with Crippen LogP contribution in [0.2, 0.25) is 5.02 Å². The average Bonchev–Trinajstić information content (AvgIpc) is 2.87. The Bertz CT molecular complexity index is 888. The molecule has 1 aliphatic heterocycles. The maximum absolute atomic E-state index is 6.19. The Balaban J connectivity index is 1.70. The van der Waals surface area contributed by atoms with Gasteiger partial charge in [0.2, 0.25) is 11.6 Å². The van der Waals surface area contributed by atoms with Gasteiger partial charge in [0.15, 0.2) is 5.75 Å². The van der Waals surface area contributed by atoms with Crippen molar-refractivity contribution >= 4 is 23.2 Å². The van der Waals surface area contributed by atoms with Crippen LogP contribution in [0.3, 0.4) is 0 Å². The first-order chi connectivity index (χ1) is 12.2. The van der Waals surface area contributed by atoms with Crippen molar-refractivity contribution in [3.63, 3.8) is 0 Å². The van der Waals surface area contributed by atoms with E-state index in [2.05, 4.69) is 15.1 Å². The number of nitrogens with zero attached hydrogens (tertiary/aromatic N) is 4. The summed E-state index contributed by atoms with van der Waals surface area (Å²) in [5.74, 6) is 2.18. The molecule has 0 atom stereocenters. The predicted octanol–water partition coefficient (Wildman–Crippen LogP) is 3.71. The molecule has 0 bridgehead atoms. The van der Waals surface area contributed by atoms with Gasteiger partial charge in [-0.05, 0) is 37.6 Å². The Labute approximate surface area is 150 Å². The van der Waals surface area contributed by atoms with Crippen molar-refractivity contribution < 1.29 is 9.47 Å².